The van der Waals surface area contributed by atoms with Crippen molar-refractivity contribution >= 4 is 29.5 Å². The number of rotatable bonds is 3. The van der Waals surface area contributed by atoms with E-state index >= 15 is 0 Å². The van der Waals surface area contributed by atoms with Gasteiger partial charge >= 0.3 is 0 Å². The van der Waals surface area contributed by atoms with Crippen LogP contribution in [0.25, 0.3) is 17.7 Å². The van der Waals surface area contributed by atoms with Crippen molar-refractivity contribution in [1.29, 1.82) is 0 Å². The third-order valence-corrected chi connectivity index (χ3v) is 6.89. The molecular formula is C28H30N2O3. The number of fused-ring (bicyclic) bond motifs is 2. The van der Waals surface area contributed by atoms with Gasteiger partial charge in [0.15, 0.2) is 0 Å². The average Bonchev–Trinajstić information content (AvgIpc) is 3.05. The Labute approximate surface area is 195 Å². The lowest BCUT2D eigenvalue weighted by Crippen LogP contribution is -2.41. The van der Waals surface area contributed by atoms with Crippen molar-refractivity contribution in [2.45, 2.75) is 25.7 Å². The summed E-state index contributed by atoms with van der Waals surface area (Å²) in [5.41, 5.74) is 7.73. The van der Waals surface area contributed by atoms with Crippen molar-refractivity contribution < 1.29 is 14.3 Å². The molecule has 1 aliphatic carbocycles. The highest BCUT2D eigenvalue weighted by Gasteiger charge is 2.25. The second-order valence-corrected chi connectivity index (χ2v) is 8.86. The Hall–Kier alpha value is -3.18. The number of benzene rings is 2. The van der Waals surface area contributed by atoms with Crippen molar-refractivity contribution in [1.82, 2.24) is 9.80 Å². The van der Waals surface area contributed by atoms with Gasteiger partial charge in [0.2, 0.25) is 11.8 Å². The number of morpholine rings is 1. The molecule has 170 valence electrons. The summed E-state index contributed by atoms with van der Waals surface area (Å²) in [5, 5.41) is 0. The molecule has 0 radical (unpaired) electrons. The Morgan fingerprint density at radius 3 is 1.73 bits per heavy atom. The molecule has 2 saturated heterocycles. The molecule has 2 aromatic rings. The fraction of sp³-hybridized carbons (Fsp3) is 0.357. The van der Waals surface area contributed by atoms with Gasteiger partial charge < -0.3 is 14.5 Å². The van der Waals surface area contributed by atoms with Gasteiger partial charge in [0.25, 0.3) is 0 Å². The summed E-state index contributed by atoms with van der Waals surface area (Å²) >= 11 is 0. The molecule has 2 aromatic carbocycles. The second kappa shape index (κ2) is 9.75. The molecule has 0 aromatic heterocycles. The number of amides is 2. The minimum absolute atomic E-state index is 0.0608. The van der Waals surface area contributed by atoms with Crippen LogP contribution in [0.4, 0.5) is 0 Å². The lowest BCUT2D eigenvalue weighted by Gasteiger charge is -2.31. The summed E-state index contributed by atoms with van der Waals surface area (Å²) < 4.78 is 5.31. The van der Waals surface area contributed by atoms with Gasteiger partial charge in [0.05, 0.1) is 13.2 Å². The van der Waals surface area contributed by atoms with E-state index in [1.807, 2.05) is 9.80 Å². The summed E-state index contributed by atoms with van der Waals surface area (Å²) in [6, 6.07) is 17.1. The zero-order chi connectivity index (χ0) is 22.6. The molecule has 0 saturated carbocycles. The molecule has 3 aliphatic rings. The maximum Gasteiger partial charge on any atom is 0.223 e. The average molecular weight is 443 g/mol. The molecule has 0 N–H and O–H groups in total. The van der Waals surface area contributed by atoms with E-state index in [0.717, 1.165) is 12.8 Å². The standard InChI is InChI=1S/C28H30N2O3/c31-26(11-12-27(32)30-17-19-33-20-18-30)29-15-13-23(14-16-29)28-24-7-3-1-5-21(24)9-10-22-6-2-4-8-25(22)28/h1-10H,11-20H2. The summed E-state index contributed by atoms with van der Waals surface area (Å²) in [6.45, 7) is 3.86. The van der Waals surface area contributed by atoms with Crippen molar-refractivity contribution in [3.8, 4) is 0 Å². The Morgan fingerprint density at radius 2 is 1.18 bits per heavy atom. The Balaban J connectivity index is 1.29. The van der Waals surface area contributed by atoms with Crippen LogP contribution >= 0.6 is 0 Å². The number of ether oxygens (including phenoxy) is 1. The zero-order valence-electron chi connectivity index (χ0n) is 19.0. The second-order valence-electron chi connectivity index (χ2n) is 8.86. The van der Waals surface area contributed by atoms with Gasteiger partial charge in [-0.25, -0.2) is 0 Å². The molecule has 5 nitrogen and oxygen atoms in total. The molecule has 2 fully saturated rings. The van der Waals surface area contributed by atoms with E-state index < -0.39 is 0 Å². The van der Waals surface area contributed by atoms with Crippen LogP contribution in [0, 0.1) is 0 Å². The van der Waals surface area contributed by atoms with Gasteiger partial charge in [0.1, 0.15) is 0 Å². The van der Waals surface area contributed by atoms with Gasteiger partial charge in [-0.3, -0.25) is 9.59 Å². The summed E-state index contributed by atoms with van der Waals surface area (Å²) in [7, 11) is 0. The number of piperidine rings is 1. The van der Waals surface area contributed by atoms with Crippen molar-refractivity contribution in [3.63, 3.8) is 0 Å². The monoisotopic (exact) mass is 442 g/mol. The Bertz CT molecular complexity index is 1050. The summed E-state index contributed by atoms with van der Waals surface area (Å²) in [5.74, 6) is 0.148. The largest absolute Gasteiger partial charge is 0.378 e. The minimum Gasteiger partial charge on any atom is -0.378 e. The molecule has 0 unspecified atom stereocenters. The fourth-order valence-corrected chi connectivity index (χ4v) is 5.06. The molecule has 5 rings (SSSR count). The van der Waals surface area contributed by atoms with Crippen molar-refractivity contribution in [2.24, 2.45) is 0 Å². The van der Waals surface area contributed by atoms with Crippen LogP contribution in [-0.4, -0.2) is 61.0 Å². The van der Waals surface area contributed by atoms with Gasteiger partial charge in [0, 0.05) is 39.0 Å². The molecule has 5 heteroatoms. The minimum atomic E-state index is 0.0608. The van der Waals surface area contributed by atoms with Crippen LogP contribution in [0.2, 0.25) is 0 Å². The molecule has 0 spiro atoms. The molecule has 2 heterocycles. The number of hydrogen-bond acceptors (Lipinski definition) is 3. The van der Waals surface area contributed by atoms with Crippen molar-refractivity contribution in [3.05, 3.63) is 76.4 Å². The lowest BCUT2D eigenvalue weighted by molar-refractivity contribution is -0.139. The van der Waals surface area contributed by atoms with Crippen LogP contribution in [0.1, 0.15) is 47.9 Å². The molecule has 0 bridgehead atoms. The predicted molar refractivity (Wildman–Crippen MR) is 130 cm³/mol. The molecule has 2 amide bonds. The van der Waals surface area contributed by atoms with E-state index in [1.54, 1.807) is 0 Å². The molecule has 33 heavy (non-hydrogen) atoms. The third kappa shape index (κ3) is 4.64. The fourth-order valence-electron chi connectivity index (χ4n) is 5.06. The molecule has 2 aliphatic heterocycles. The first-order chi connectivity index (χ1) is 16.2. The Kier molecular flexibility index (Phi) is 6.40. The highest BCUT2D eigenvalue weighted by molar-refractivity contribution is 5.95. The van der Waals surface area contributed by atoms with Gasteiger partial charge in [-0.2, -0.15) is 0 Å². The first-order valence-corrected chi connectivity index (χ1v) is 11.9. The number of hydrogen-bond donors (Lipinski definition) is 0. The van der Waals surface area contributed by atoms with Gasteiger partial charge in [-0.1, -0.05) is 66.3 Å². The zero-order valence-corrected chi connectivity index (χ0v) is 19.0. The van der Waals surface area contributed by atoms with Crippen LogP contribution in [0.15, 0.2) is 54.1 Å². The quantitative estimate of drug-likeness (QED) is 0.610. The number of likely N-dealkylation sites (tertiary alicyclic amines) is 1. The highest BCUT2D eigenvalue weighted by atomic mass is 16.5. The van der Waals surface area contributed by atoms with E-state index in [1.165, 1.54) is 33.4 Å². The van der Waals surface area contributed by atoms with E-state index in [9.17, 15) is 9.59 Å². The van der Waals surface area contributed by atoms with E-state index in [4.69, 9.17) is 4.74 Å². The lowest BCUT2D eigenvalue weighted by atomic mass is 9.86. The van der Waals surface area contributed by atoms with Gasteiger partial charge in [-0.15, -0.1) is 0 Å². The normalized spacial score (nSPS) is 17.9. The van der Waals surface area contributed by atoms with E-state index in [0.29, 0.717) is 39.4 Å². The van der Waals surface area contributed by atoms with Crippen LogP contribution in [0.5, 0.6) is 0 Å². The van der Waals surface area contributed by atoms with E-state index in [2.05, 4.69) is 60.7 Å². The number of carbonyl (C=O) groups excluding carboxylic acids is 2. The Morgan fingerprint density at radius 1 is 0.697 bits per heavy atom. The maximum atomic E-state index is 12.8. The molecule has 0 atom stereocenters. The first-order valence-electron chi connectivity index (χ1n) is 11.9. The first kappa shape index (κ1) is 21.7. The highest BCUT2D eigenvalue weighted by Crippen LogP contribution is 2.38. The maximum absolute atomic E-state index is 12.8. The summed E-state index contributed by atoms with van der Waals surface area (Å²) in [4.78, 5) is 29.0. The van der Waals surface area contributed by atoms with E-state index in [-0.39, 0.29) is 24.7 Å². The van der Waals surface area contributed by atoms with Crippen LogP contribution < -0.4 is 0 Å². The van der Waals surface area contributed by atoms with Crippen LogP contribution in [0.3, 0.4) is 0 Å². The smallest absolute Gasteiger partial charge is 0.223 e. The predicted octanol–water partition coefficient (Wildman–Crippen LogP) is 4.23. The van der Waals surface area contributed by atoms with Gasteiger partial charge in [-0.05, 0) is 40.7 Å². The van der Waals surface area contributed by atoms with Crippen molar-refractivity contribution in [2.75, 3.05) is 39.4 Å². The SMILES string of the molecule is O=C(CCC(=O)N1CCC(=C2c3ccccc3C=Cc3ccccc32)CC1)N1CCOCC1. The number of carbonyl (C=O) groups is 2. The number of nitrogens with zero attached hydrogens (tertiary/aromatic N) is 2. The van der Waals surface area contributed by atoms with Crippen LogP contribution in [-0.2, 0) is 14.3 Å². The molecular weight excluding hydrogens is 412 g/mol. The topological polar surface area (TPSA) is 49.9 Å². The summed E-state index contributed by atoms with van der Waals surface area (Å²) in [6.07, 6.45) is 6.70. The third-order valence-electron chi connectivity index (χ3n) is 6.89.